The number of nitrogens with zero attached hydrogens (tertiary/aromatic N) is 1. The fourth-order valence-electron chi connectivity index (χ4n) is 2.89. The van der Waals surface area contributed by atoms with E-state index in [2.05, 4.69) is 5.32 Å². The van der Waals surface area contributed by atoms with Gasteiger partial charge in [-0.05, 0) is 38.3 Å². The predicted molar refractivity (Wildman–Crippen MR) is 77.6 cm³/mol. The lowest BCUT2D eigenvalue weighted by atomic mass is 10.1. The number of hydrogen-bond donors (Lipinski definition) is 1. The Morgan fingerprint density at radius 1 is 1.35 bits per heavy atom. The van der Waals surface area contributed by atoms with Crippen LogP contribution in [0.15, 0.2) is 24.3 Å². The van der Waals surface area contributed by atoms with Crippen molar-refractivity contribution < 1.29 is 9.53 Å². The normalized spacial score (nSPS) is 21.8. The van der Waals surface area contributed by atoms with E-state index in [1.807, 2.05) is 29.2 Å². The van der Waals surface area contributed by atoms with Crippen LogP contribution in [0.3, 0.4) is 0 Å². The van der Waals surface area contributed by atoms with Gasteiger partial charge in [-0.25, -0.2) is 0 Å². The summed E-state index contributed by atoms with van der Waals surface area (Å²) in [5.41, 5.74) is 1.09. The molecule has 108 valence electrons. The third-order valence-electron chi connectivity index (χ3n) is 4.16. The molecule has 0 radical (unpaired) electrons. The minimum absolute atomic E-state index is 0.0188. The molecule has 1 saturated carbocycles. The SMILES string of the molecule is COc1ccccc1CN(C(=O)[C@H]1CCCN1)C1CC1. The number of carbonyl (C=O) groups excluding carboxylic acids is 1. The largest absolute Gasteiger partial charge is 0.496 e. The average Bonchev–Trinajstić information content (AvgIpc) is 3.17. The second kappa shape index (κ2) is 5.83. The summed E-state index contributed by atoms with van der Waals surface area (Å²) in [7, 11) is 1.68. The molecule has 2 aliphatic rings. The van der Waals surface area contributed by atoms with Crippen molar-refractivity contribution in [3.63, 3.8) is 0 Å². The first-order chi connectivity index (χ1) is 9.79. The van der Waals surface area contributed by atoms with Crippen molar-refractivity contribution in [3.8, 4) is 5.75 Å². The van der Waals surface area contributed by atoms with Crippen molar-refractivity contribution in [2.24, 2.45) is 0 Å². The molecule has 2 fully saturated rings. The molecule has 1 aliphatic carbocycles. The van der Waals surface area contributed by atoms with Crippen molar-refractivity contribution >= 4 is 5.91 Å². The van der Waals surface area contributed by atoms with Crippen LogP contribution in [0, 0.1) is 0 Å². The molecule has 1 N–H and O–H groups in total. The zero-order valence-corrected chi connectivity index (χ0v) is 12.0. The lowest BCUT2D eigenvalue weighted by molar-refractivity contribution is -0.134. The van der Waals surface area contributed by atoms with Crippen LogP contribution in [0.4, 0.5) is 0 Å². The summed E-state index contributed by atoms with van der Waals surface area (Å²) in [5.74, 6) is 1.13. The van der Waals surface area contributed by atoms with E-state index in [1.54, 1.807) is 7.11 Å². The van der Waals surface area contributed by atoms with Gasteiger partial charge in [-0.3, -0.25) is 4.79 Å². The molecular weight excluding hydrogens is 252 g/mol. The van der Waals surface area contributed by atoms with Gasteiger partial charge in [0.15, 0.2) is 0 Å². The van der Waals surface area contributed by atoms with Crippen LogP contribution in [-0.2, 0) is 11.3 Å². The van der Waals surface area contributed by atoms with Crippen LogP contribution >= 0.6 is 0 Å². The predicted octanol–water partition coefficient (Wildman–Crippen LogP) is 1.94. The quantitative estimate of drug-likeness (QED) is 0.892. The lowest BCUT2D eigenvalue weighted by Crippen LogP contribution is -2.44. The Bertz CT molecular complexity index is 479. The van der Waals surface area contributed by atoms with Crippen molar-refractivity contribution in [1.82, 2.24) is 10.2 Å². The van der Waals surface area contributed by atoms with Gasteiger partial charge in [-0.2, -0.15) is 0 Å². The zero-order chi connectivity index (χ0) is 13.9. The summed E-state index contributed by atoms with van der Waals surface area (Å²) in [4.78, 5) is 14.7. The molecule has 4 nitrogen and oxygen atoms in total. The highest BCUT2D eigenvalue weighted by atomic mass is 16.5. The highest BCUT2D eigenvalue weighted by Crippen LogP contribution is 2.31. The Hall–Kier alpha value is -1.55. The van der Waals surface area contributed by atoms with Gasteiger partial charge in [0.25, 0.3) is 0 Å². The molecule has 1 saturated heterocycles. The van der Waals surface area contributed by atoms with Gasteiger partial charge in [-0.15, -0.1) is 0 Å². The number of ether oxygens (including phenoxy) is 1. The standard InChI is InChI=1S/C16H22N2O2/c1-20-15-7-3-2-5-12(15)11-18(13-8-9-13)16(19)14-6-4-10-17-14/h2-3,5,7,13-14,17H,4,6,8-11H2,1H3/t14-/m1/s1. The molecule has 0 bridgehead atoms. The molecule has 1 aromatic rings. The third kappa shape index (κ3) is 2.80. The molecular formula is C16H22N2O2. The molecule has 1 aliphatic heterocycles. The highest BCUT2D eigenvalue weighted by molar-refractivity contribution is 5.82. The molecule has 0 spiro atoms. The van der Waals surface area contributed by atoms with Gasteiger partial charge in [0.1, 0.15) is 5.75 Å². The number of para-hydroxylation sites is 1. The van der Waals surface area contributed by atoms with Crippen molar-refractivity contribution in [2.45, 2.75) is 44.3 Å². The Kier molecular flexibility index (Phi) is 3.92. The number of carbonyl (C=O) groups is 1. The smallest absolute Gasteiger partial charge is 0.240 e. The molecule has 4 heteroatoms. The summed E-state index contributed by atoms with van der Waals surface area (Å²) in [5, 5.41) is 3.31. The van der Waals surface area contributed by atoms with Crippen molar-refractivity contribution in [3.05, 3.63) is 29.8 Å². The molecule has 0 unspecified atom stereocenters. The number of hydrogen-bond acceptors (Lipinski definition) is 3. The molecule has 1 amide bonds. The van der Waals surface area contributed by atoms with E-state index in [9.17, 15) is 4.79 Å². The topological polar surface area (TPSA) is 41.6 Å². The Morgan fingerprint density at radius 3 is 2.80 bits per heavy atom. The maximum Gasteiger partial charge on any atom is 0.240 e. The summed E-state index contributed by atoms with van der Waals surface area (Å²) < 4.78 is 5.40. The van der Waals surface area contributed by atoms with E-state index in [-0.39, 0.29) is 11.9 Å². The van der Waals surface area contributed by atoms with Gasteiger partial charge in [-0.1, -0.05) is 18.2 Å². The highest BCUT2D eigenvalue weighted by Gasteiger charge is 2.36. The van der Waals surface area contributed by atoms with Crippen molar-refractivity contribution in [2.75, 3.05) is 13.7 Å². The minimum atomic E-state index is 0.0188. The van der Waals surface area contributed by atoms with E-state index < -0.39 is 0 Å². The van der Waals surface area contributed by atoms with Gasteiger partial charge in [0.2, 0.25) is 5.91 Å². The minimum Gasteiger partial charge on any atom is -0.496 e. The maximum atomic E-state index is 12.7. The average molecular weight is 274 g/mol. The molecule has 1 heterocycles. The van der Waals surface area contributed by atoms with E-state index in [4.69, 9.17) is 4.74 Å². The van der Waals surface area contributed by atoms with Crippen LogP contribution in [0.25, 0.3) is 0 Å². The van der Waals surface area contributed by atoms with E-state index in [1.165, 1.54) is 0 Å². The van der Waals surface area contributed by atoms with E-state index >= 15 is 0 Å². The first kappa shape index (κ1) is 13.4. The number of methoxy groups -OCH3 is 1. The Labute approximate surface area is 120 Å². The number of rotatable bonds is 5. The monoisotopic (exact) mass is 274 g/mol. The molecule has 1 atom stereocenters. The van der Waals surface area contributed by atoms with Crippen LogP contribution in [-0.4, -0.2) is 36.5 Å². The fraction of sp³-hybridized carbons (Fsp3) is 0.562. The van der Waals surface area contributed by atoms with Gasteiger partial charge in [0.05, 0.1) is 13.2 Å². The van der Waals surface area contributed by atoms with E-state index in [0.717, 1.165) is 43.5 Å². The Morgan fingerprint density at radius 2 is 2.15 bits per heavy atom. The second-order valence-corrected chi connectivity index (χ2v) is 5.66. The summed E-state index contributed by atoms with van der Waals surface area (Å²) in [6.45, 7) is 1.62. The first-order valence-corrected chi connectivity index (χ1v) is 7.45. The summed E-state index contributed by atoms with van der Waals surface area (Å²) in [6, 6.07) is 8.41. The molecule has 20 heavy (non-hydrogen) atoms. The molecule has 1 aromatic carbocycles. The second-order valence-electron chi connectivity index (χ2n) is 5.66. The fourth-order valence-corrected chi connectivity index (χ4v) is 2.89. The van der Waals surface area contributed by atoms with Crippen LogP contribution < -0.4 is 10.1 Å². The van der Waals surface area contributed by atoms with Crippen molar-refractivity contribution in [1.29, 1.82) is 0 Å². The Balaban J connectivity index is 1.75. The number of benzene rings is 1. The van der Waals surface area contributed by atoms with Crippen LogP contribution in [0.1, 0.15) is 31.2 Å². The maximum absolute atomic E-state index is 12.7. The van der Waals surface area contributed by atoms with E-state index in [0.29, 0.717) is 12.6 Å². The van der Waals surface area contributed by atoms with Crippen LogP contribution in [0.2, 0.25) is 0 Å². The number of amides is 1. The number of nitrogens with one attached hydrogen (secondary N) is 1. The lowest BCUT2D eigenvalue weighted by Gasteiger charge is -2.26. The van der Waals surface area contributed by atoms with Gasteiger partial charge < -0.3 is 15.0 Å². The summed E-state index contributed by atoms with van der Waals surface area (Å²) >= 11 is 0. The summed E-state index contributed by atoms with van der Waals surface area (Å²) in [6.07, 6.45) is 4.33. The molecule has 3 rings (SSSR count). The van der Waals surface area contributed by atoms with Gasteiger partial charge in [0, 0.05) is 18.2 Å². The zero-order valence-electron chi connectivity index (χ0n) is 12.0. The third-order valence-corrected chi connectivity index (χ3v) is 4.16. The first-order valence-electron chi connectivity index (χ1n) is 7.45. The van der Waals surface area contributed by atoms with Gasteiger partial charge >= 0.3 is 0 Å². The molecule has 0 aromatic heterocycles. The van der Waals surface area contributed by atoms with Crippen LogP contribution in [0.5, 0.6) is 5.75 Å².